The Labute approximate surface area is 259 Å². The van der Waals surface area contributed by atoms with Gasteiger partial charge in [0, 0.05) is 62.4 Å². The molecule has 4 aromatic rings. The van der Waals surface area contributed by atoms with Crippen LogP contribution in [0.3, 0.4) is 0 Å². The van der Waals surface area contributed by atoms with Crippen molar-refractivity contribution in [3.05, 3.63) is 77.5 Å². The van der Waals surface area contributed by atoms with Gasteiger partial charge in [0.05, 0.1) is 48.8 Å². The molecule has 0 unspecified atom stereocenters. The Morgan fingerprint density at radius 3 is 2.64 bits per heavy atom. The van der Waals surface area contributed by atoms with Crippen molar-refractivity contribution in [2.45, 2.75) is 51.0 Å². The quantitative estimate of drug-likeness (QED) is 0.301. The first kappa shape index (κ1) is 30.8. The zero-order chi connectivity index (χ0) is 31.5. The minimum atomic E-state index is -0.709. The van der Waals surface area contributed by atoms with Crippen LogP contribution in [-0.4, -0.2) is 77.3 Å². The van der Waals surface area contributed by atoms with Crippen molar-refractivity contribution in [2.75, 3.05) is 38.3 Å². The van der Waals surface area contributed by atoms with Crippen LogP contribution in [-0.2, 0) is 27.2 Å². The number of alkyl carbamates (subject to hydrolysis) is 1. The Morgan fingerprint density at radius 1 is 1.13 bits per heavy atom. The zero-order valence-corrected chi connectivity index (χ0v) is 25.3. The van der Waals surface area contributed by atoms with Crippen LogP contribution in [0.1, 0.15) is 36.7 Å². The smallest absolute Gasteiger partial charge is 0.407 e. The lowest BCUT2D eigenvalue weighted by Gasteiger charge is -2.42. The fraction of sp³-hybridized carbons (Fsp3) is 0.438. The van der Waals surface area contributed by atoms with Crippen LogP contribution in [0.5, 0.6) is 0 Å². The van der Waals surface area contributed by atoms with E-state index in [9.17, 15) is 4.79 Å². The van der Waals surface area contributed by atoms with Crippen LogP contribution in [0.2, 0.25) is 0 Å². The van der Waals surface area contributed by atoms with E-state index in [0.29, 0.717) is 49.6 Å². The maximum Gasteiger partial charge on any atom is 0.407 e. The molecule has 5 heterocycles. The molecule has 2 saturated heterocycles. The molecule has 0 saturated carbocycles. The Balaban J connectivity index is 1.22. The second-order valence-corrected chi connectivity index (χ2v) is 11.7. The molecule has 238 valence electrons. The number of methoxy groups -OCH3 is 1. The lowest BCUT2D eigenvalue weighted by atomic mass is 9.89. The van der Waals surface area contributed by atoms with Crippen molar-refractivity contribution in [3.63, 3.8) is 0 Å². The summed E-state index contributed by atoms with van der Waals surface area (Å²) in [4.78, 5) is 22.9. The number of amides is 1. The van der Waals surface area contributed by atoms with Crippen LogP contribution in [0.25, 0.3) is 16.8 Å². The predicted octanol–water partition coefficient (Wildman–Crippen LogP) is 3.86. The number of nitrogens with one attached hydrogen (secondary N) is 1. The number of anilines is 1. The van der Waals surface area contributed by atoms with Crippen molar-refractivity contribution in [3.8, 4) is 11.3 Å². The van der Waals surface area contributed by atoms with E-state index >= 15 is 8.78 Å². The number of nitrogens with zero attached hydrogens (tertiary/aromatic N) is 5. The number of hydrogen-bond donors (Lipinski definition) is 2. The van der Waals surface area contributed by atoms with Crippen LogP contribution in [0.15, 0.2) is 48.9 Å². The summed E-state index contributed by atoms with van der Waals surface area (Å²) in [5.74, 6) is -0.781. The highest BCUT2D eigenvalue weighted by Gasteiger charge is 2.34. The van der Waals surface area contributed by atoms with E-state index in [4.69, 9.17) is 19.9 Å². The summed E-state index contributed by atoms with van der Waals surface area (Å²) in [6, 6.07) is 7.30. The number of fused-ring (bicyclic) bond motifs is 1. The van der Waals surface area contributed by atoms with Crippen molar-refractivity contribution < 1.29 is 27.8 Å². The number of hydrogen-bond acceptors (Lipinski definition) is 9. The Bertz CT molecular complexity index is 1630. The Hall–Kier alpha value is -4.20. The third kappa shape index (κ3) is 6.75. The molecule has 0 radical (unpaired) electrons. The molecule has 13 heteroatoms. The molecule has 0 spiro atoms. The second kappa shape index (κ2) is 13.4. The maximum atomic E-state index is 15.3. The van der Waals surface area contributed by atoms with Crippen molar-refractivity contribution >= 4 is 17.3 Å². The van der Waals surface area contributed by atoms with Crippen LogP contribution in [0, 0.1) is 17.6 Å². The minimum absolute atomic E-state index is 0.0177. The molecule has 0 aliphatic carbocycles. The number of aromatic nitrogens is 4. The molecule has 1 aromatic carbocycles. The van der Waals surface area contributed by atoms with Gasteiger partial charge in [-0.1, -0.05) is 6.92 Å². The zero-order valence-electron chi connectivity index (χ0n) is 25.3. The predicted molar refractivity (Wildman–Crippen MR) is 163 cm³/mol. The number of rotatable bonds is 8. The Kier molecular flexibility index (Phi) is 9.19. The summed E-state index contributed by atoms with van der Waals surface area (Å²) >= 11 is 0. The maximum absolute atomic E-state index is 15.3. The normalized spacial score (nSPS) is 20.8. The number of ether oxygens (including phenoxy) is 3. The van der Waals surface area contributed by atoms with E-state index < -0.39 is 17.7 Å². The first-order chi connectivity index (χ1) is 21.8. The molecule has 45 heavy (non-hydrogen) atoms. The average Bonchev–Trinajstić information content (AvgIpc) is 3.43. The van der Waals surface area contributed by atoms with E-state index in [-0.39, 0.29) is 42.0 Å². The highest BCUT2D eigenvalue weighted by molar-refractivity contribution is 5.68. The van der Waals surface area contributed by atoms with Crippen molar-refractivity contribution in [2.24, 2.45) is 11.7 Å². The van der Waals surface area contributed by atoms with Crippen LogP contribution in [0.4, 0.5) is 19.3 Å². The molecule has 2 aliphatic heterocycles. The van der Waals surface area contributed by atoms with Gasteiger partial charge < -0.3 is 30.2 Å². The van der Waals surface area contributed by atoms with E-state index in [1.807, 2.05) is 13.0 Å². The number of carbonyl (C=O) groups is 1. The molecular formula is C32H37F2N7O4. The molecule has 2 fully saturated rings. The molecule has 3 aromatic heterocycles. The monoisotopic (exact) mass is 621 g/mol. The molecule has 1 amide bonds. The number of benzene rings is 1. The van der Waals surface area contributed by atoms with Gasteiger partial charge in [-0.25, -0.2) is 23.1 Å². The summed E-state index contributed by atoms with van der Waals surface area (Å²) in [5, 5.41) is 7.46. The molecule has 3 atom stereocenters. The van der Waals surface area contributed by atoms with Gasteiger partial charge in [-0.05, 0) is 54.7 Å². The Morgan fingerprint density at radius 2 is 1.91 bits per heavy atom. The highest BCUT2D eigenvalue weighted by atomic mass is 19.1. The molecule has 3 N–H and O–H groups in total. The number of pyridine rings is 1. The van der Waals surface area contributed by atoms with Crippen LogP contribution >= 0.6 is 0 Å². The number of halogens is 2. The molecule has 0 bridgehead atoms. The van der Waals surface area contributed by atoms with Crippen molar-refractivity contribution in [1.82, 2.24) is 24.9 Å². The van der Waals surface area contributed by atoms with Gasteiger partial charge in [0.15, 0.2) is 0 Å². The van der Waals surface area contributed by atoms with E-state index in [2.05, 4.69) is 25.3 Å². The first-order valence-electron chi connectivity index (χ1n) is 15.1. The minimum Gasteiger partial charge on any atom is -0.453 e. The standard InChI is InChI=1S/C32H37F2N7O4/c1-19-16-40(17-26(35)31(19)38-32(42)43-2)28-5-8-36-14-21(28)13-29-37-15-22-3-4-27(39-41(22)29)30-24(33)11-20(12-25(30)34)18-45-23-6-9-44-10-7-23/h3-5,8,11-12,14-15,19,23,26,31H,6-7,9-10,13,16-18,35H2,1-2H3,(H,38,42)/t19-,26+,31-/m0/s1. The fourth-order valence-corrected chi connectivity index (χ4v) is 6.20. The van der Waals surface area contributed by atoms with Gasteiger partial charge >= 0.3 is 6.09 Å². The van der Waals surface area contributed by atoms with E-state index in [1.165, 1.54) is 19.2 Å². The van der Waals surface area contributed by atoms with E-state index in [1.54, 1.807) is 35.2 Å². The lowest BCUT2D eigenvalue weighted by molar-refractivity contribution is -0.0391. The van der Waals surface area contributed by atoms with Gasteiger partial charge in [0.1, 0.15) is 17.5 Å². The molecule has 11 nitrogen and oxygen atoms in total. The third-order valence-corrected chi connectivity index (χ3v) is 8.52. The molecule has 6 rings (SSSR count). The average molecular weight is 622 g/mol. The molecule has 2 aliphatic rings. The summed E-state index contributed by atoms with van der Waals surface area (Å²) in [5.41, 5.74) is 9.37. The fourth-order valence-electron chi connectivity index (χ4n) is 6.20. The summed E-state index contributed by atoms with van der Waals surface area (Å²) in [6.07, 6.45) is 6.57. The number of piperidine rings is 1. The first-order valence-corrected chi connectivity index (χ1v) is 15.1. The van der Waals surface area contributed by atoms with Crippen molar-refractivity contribution in [1.29, 1.82) is 0 Å². The number of imidazole rings is 1. The summed E-state index contributed by atoms with van der Waals surface area (Å²) in [6.45, 7) is 4.56. The summed E-state index contributed by atoms with van der Waals surface area (Å²) < 4.78 is 48.3. The lowest BCUT2D eigenvalue weighted by Crippen LogP contribution is -2.62. The van der Waals surface area contributed by atoms with Gasteiger partial charge in [0.25, 0.3) is 0 Å². The second-order valence-electron chi connectivity index (χ2n) is 11.7. The SMILES string of the molecule is COC(=O)N[C@@H]1[C@H](N)CN(c2ccncc2Cc2ncc3ccc(-c4c(F)cc(COC5CCOCC5)cc4F)nn23)C[C@@H]1C. The highest BCUT2D eigenvalue weighted by Crippen LogP contribution is 2.30. The molecular weight excluding hydrogens is 584 g/mol. The van der Waals surface area contributed by atoms with Gasteiger partial charge in [-0.2, -0.15) is 5.10 Å². The topological polar surface area (TPSA) is 129 Å². The summed E-state index contributed by atoms with van der Waals surface area (Å²) in [7, 11) is 1.33. The number of carbonyl (C=O) groups excluding carboxylic acids is 1. The van der Waals surface area contributed by atoms with Gasteiger partial charge in [-0.3, -0.25) is 4.98 Å². The number of nitrogens with two attached hydrogens (primary N) is 1. The van der Waals surface area contributed by atoms with Gasteiger partial charge in [0.2, 0.25) is 0 Å². The largest absolute Gasteiger partial charge is 0.453 e. The van der Waals surface area contributed by atoms with Crippen LogP contribution < -0.4 is 16.0 Å². The van der Waals surface area contributed by atoms with Gasteiger partial charge in [-0.15, -0.1) is 0 Å². The van der Waals surface area contributed by atoms with E-state index in [0.717, 1.165) is 24.1 Å². The third-order valence-electron chi connectivity index (χ3n) is 8.52.